The number of nitrogens with zero attached hydrogens (tertiary/aromatic N) is 5. The lowest BCUT2D eigenvalue weighted by Gasteiger charge is -2.26. The number of benzene rings is 4. The standard InChI is InChI=1S/C65H76ClN15O15/c1-37(2)55(77-63(90)94-29-28-93-27-26-80-51(82)19-20-52(80)83)59(86)76-47(10-6-21-70-61(68)88)58(85)73-44-17-11-39(12-18-44)36-95-64(91)78(4)24-25-79(23-7-22-71-62(69)89)65(92)96-50-32-49-54(53-38(3)8-5-9-46(50)53)42(33-66)35-81(49)60(87)48-31-41-30-45(34-72-56(41)75-48)74-57(84)40-13-15-43(67)16-14-40/h5,8-9,11-20,30-32,34,37,42,47,55H,6-7,10,21-29,33,35-36,67H2,1-4H3,(H,72,75)(H,73,85)(H,74,84)(H,76,86)(H,77,90)(H3,68,70,88)(H3,69,71,89)/t42-,47+,55+/m1/s1. The summed E-state index contributed by atoms with van der Waals surface area (Å²) in [6, 6.07) is 19.4. The molecule has 0 unspecified atom stereocenters. The third kappa shape index (κ3) is 18.9. The summed E-state index contributed by atoms with van der Waals surface area (Å²) in [6.45, 7) is 5.13. The Bertz CT molecular complexity index is 3900. The van der Waals surface area contributed by atoms with Gasteiger partial charge in [-0.25, -0.2) is 29.0 Å². The minimum absolute atomic E-state index is 0.00637. The highest BCUT2D eigenvalue weighted by Crippen LogP contribution is 2.47. The van der Waals surface area contributed by atoms with E-state index in [9.17, 15) is 52.7 Å². The van der Waals surface area contributed by atoms with E-state index in [4.69, 9.17) is 47.7 Å². The zero-order valence-electron chi connectivity index (χ0n) is 53.2. The number of fused-ring (bicyclic) bond motifs is 4. The summed E-state index contributed by atoms with van der Waals surface area (Å²) < 4.78 is 22.4. The van der Waals surface area contributed by atoms with E-state index in [1.165, 1.54) is 23.0 Å². The zero-order chi connectivity index (χ0) is 69.2. The van der Waals surface area contributed by atoms with E-state index in [1.807, 2.05) is 19.1 Å². The largest absolute Gasteiger partial charge is 0.447 e. The molecule has 0 aliphatic carbocycles. The van der Waals surface area contributed by atoms with E-state index < -0.39 is 77.9 Å². The van der Waals surface area contributed by atoms with Gasteiger partial charge >= 0.3 is 30.3 Å². The van der Waals surface area contributed by atoms with Gasteiger partial charge in [0.05, 0.1) is 37.3 Å². The van der Waals surface area contributed by atoms with Crippen molar-refractivity contribution in [3.05, 3.63) is 131 Å². The number of nitrogens with one attached hydrogen (secondary N) is 7. The van der Waals surface area contributed by atoms with Crippen LogP contribution in [-0.2, 0) is 40.0 Å². The van der Waals surface area contributed by atoms with Gasteiger partial charge in [-0.2, -0.15) is 0 Å². The molecule has 96 heavy (non-hydrogen) atoms. The van der Waals surface area contributed by atoms with Crippen molar-refractivity contribution in [3.63, 3.8) is 0 Å². The molecule has 13 amide bonds. The zero-order valence-corrected chi connectivity index (χ0v) is 54.0. The summed E-state index contributed by atoms with van der Waals surface area (Å²) in [5, 5.41) is 17.6. The van der Waals surface area contributed by atoms with E-state index in [2.05, 4.69) is 41.9 Å². The van der Waals surface area contributed by atoms with Crippen molar-refractivity contribution in [2.45, 2.75) is 64.6 Å². The van der Waals surface area contributed by atoms with E-state index in [0.717, 1.165) is 33.6 Å². The lowest BCUT2D eigenvalue weighted by Crippen LogP contribution is -2.54. The molecule has 3 atom stereocenters. The van der Waals surface area contributed by atoms with Crippen LogP contribution in [0.2, 0.25) is 0 Å². The Balaban J connectivity index is 0.875. The molecule has 0 fully saturated rings. The first-order chi connectivity index (χ1) is 46.0. The van der Waals surface area contributed by atoms with Crippen molar-refractivity contribution in [2.24, 2.45) is 17.4 Å². The lowest BCUT2D eigenvalue weighted by atomic mass is 9.92. The summed E-state index contributed by atoms with van der Waals surface area (Å²) >= 11 is 6.66. The van der Waals surface area contributed by atoms with Crippen LogP contribution >= 0.6 is 11.6 Å². The number of aryl methyl sites for hydroxylation is 1. The molecule has 0 bridgehead atoms. The van der Waals surface area contributed by atoms with Crippen LogP contribution in [0, 0.1) is 12.8 Å². The fourth-order valence-electron chi connectivity index (χ4n) is 10.6. The first-order valence-corrected chi connectivity index (χ1v) is 31.3. The number of imide groups is 1. The number of pyridine rings is 1. The van der Waals surface area contributed by atoms with E-state index in [0.29, 0.717) is 50.3 Å². The van der Waals surface area contributed by atoms with Crippen molar-refractivity contribution >= 4 is 122 Å². The Morgan fingerprint density at radius 2 is 1.49 bits per heavy atom. The Hall–Kier alpha value is -11.0. The fraction of sp³-hybridized carbons (Fsp3) is 0.354. The molecule has 4 heterocycles. The van der Waals surface area contributed by atoms with Gasteiger partial charge in [0.15, 0.2) is 0 Å². The molecular formula is C65H76ClN15O15. The number of nitrogen functional groups attached to an aromatic ring is 1. The molecule has 6 aromatic rings. The molecular weight excluding hydrogens is 1270 g/mol. The molecule has 30 nitrogen and oxygen atoms in total. The van der Waals surface area contributed by atoms with Gasteiger partial charge in [0.2, 0.25) is 11.8 Å². The van der Waals surface area contributed by atoms with E-state index in [-0.39, 0.29) is 121 Å². The molecule has 2 aliphatic rings. The Morgan fingerprint density at radius 1 is 0.781 bits per heavy atom. The molecule has 0 radical (unpaired) electrons. The second kappa shape index (κ2) is 33.2. The van der Waals surface area contributed by atoms with Gasteiger partial charge in [0.1, 0.15) is 42.4 Å². The number of nitrogens with two attached hydrogens (primary N) is 3. The number of aromatic amines is 1. The fourth-order valence-corrected chi connectivity index (χ4v) is 10.8. The maximum absolute atomic E-state index is 14.6. The van der Waals surface area contributed by atoms with Crippen molar-refractivity contribution < 1.29 is 71.7 Å². The highest BCUT2D eigenvalue weighted by Gasteiger charge is 2.37. The summed E-state index contributed by atoms with van der Waals surface area (Å²) in [4.78, 5) is 155. The van der Waals surface area contributed by atoms with E-state index in [1.54, 1.807) is 91.5 Å². The highest BCUT2D eigenvalue weighted by atomic mass is 35.5. The lowest BCUT2D eigenvalue weighted by molar-refractivity contribution is -0.137. The van der Waals surface area contributed by atoms with Crippen molar-refractivity contribution in [3.8, 4) is 5.75 Å². The Labute approximate surface area is 556 Å². The topological polar surface area (TPSA) is 417 Å². The predicted molar refractivity (Wildman–Crippen MR) is 355 cm³/mol. The maximum Gasteiger partial charge on any atom is 0.415 e. The number of urea groups is 2. The number of carbonyl (C=O) groups excluding carboxylic acids is 11. The summed E-state index contributed by atoms with van der Waals surface area (Å²) in [5.74, 6) is -3.53. The number of ether oxygens (including phenoxy) is 4. The quantitative estimate of drug-likeness (QED) is 0.0115. The number of aromatic nitrogens is 2. The van der Waals surface area contributed by atoms with Gasteiger partial charge in [-0.15, -0.1) is 11.6 Å². The summed E-state index contributed by atoms with van der Waals surface area (Å²) in [7, 11) is 1.48. The number of anilines is 4. The minimum atomic E-state index is -1.17. The maximum atomic E-state index is 14.6. The molecule has 8 rings (SSSR count). The van der Waals surface area contributed by atoms with Crippen LogP contribution in [0.4, 0.5) is 46.7 Å². The number of hydrogen-bond donors (Lipinski definition) is 10. The van der Waals surface area contributed by atoms with Crippen molar-refractivity contribution in [2.75, 3.05) is 99.8 Å². The summed E-state index contributed by atoms with van der Waals surface area (Å²) in [6.07, 6.45) is 1.79. The second-order valence-corrected chi connectivity index (χ2v) is 23.2. The monoisotopic (exact) mass is 1340 g/mol. The van der Waals surface area contributed by atoms with Crippen LogP contribution < -0.4 is 58.7 Å². The van der Waals surface area contributed by atoms with Crippen LogP contribution in [0.1, 0.15) is 76.6 Å². The number of primary amides is 2. The minimum Gasteiger partial charge on any atom is -0.447 e. The predicted octanol–water partition coefficient (Wildman–Crippen LogP) is 5.53. The van der Waals surface area contributed by atoms with E-state index >= 15 is 0 Å². The van der Waals surface area contributed by atoms with Crippen LogP contribution in [0.15, 0.2) is 103 Å². The molecule has 0 saturated heterocycles. The molecule has 0 saturated carbocycles. The normalized spacial score (nSPS) is 13.8. The molecule has 4 aromatic carbocycles. The number of alkyl halides is 1. The van der Waals surface area contributed by atoms with Crippen molar-refractivity contribution in [1.29, 1.82) is 0 Å². The molecule has 31 heteroatoms. The number of carbonyl (C=O) groups is 11. The van der Waals surface area contributed by atoms with Gasteiger partial charge in [-0.1, -0.05) is 44.2 Å². The van der Waals surface area contributed by atoms with Gasteiger partial charge in [-0.05, 0) is 103 Å². The third-order valence-electron chi connectivity index (χ3n) is 15.6. The van der Waals surface area contributed by atoms with Crippen LogP contribution in [-0.4, -0.2) is 181 Å². The number of alkyl carbamates (subject to hydrolysis) is 1. The number of hydrogen-bond acceptors (Lipinski definition) is 17. The average molecular weight is 1340 g/mol. The van der Waals surface area contributed by atoms with Gasteiger partial charge in [0.25, 0.3) is 23.6 Å². The summed E-state index contributed by atoms with van der Waals surface area (Å²) in [5.41, 5.74) is 21.2. The first kappa shape index (κ1) is 70.9. The van der Waals surface area contributed by atoms with Gasteiger partial charge < -0.3 is 87.7 Å². The second-order valence-electron chi connectivity index (χ2n) is 22.9. The number of halogens is 1. The molecule has 0 spiro atoms. The van der Waals surface area contributed by atoms with Crippen LogP contribution in [0.3, 0.4) is 0 Å². The Kier molecular flexibility index (Phi) is 24.5. The first-order valence-electron chi connectivity index (χ1n) is 30.7. The average Bonchev–Trinajstić information content (AvgIpc) is 1.54. The van der Waals surface area contributed by atoms with Crippen LogP contribution in [0.5, 0.6) is 5.75 Å². The smallest absolute Gasteiger partial charge is 0.415 e. The molecule has 2 aliphatic heterocycles. The SMILES string of the molecule is Cc1cccc2c(OC(=O)N(CCCNC(N)=O)CCN(C)C(=O)OCc3ccc(NC(=O)[C@H](CCCNC(N)=O)NC(=O)[C@@H](NC(=O)OCCOCCN4C(=O)C=CC4=O)C(C)C)cc3)cc3c(c12)[C@H](CCl)CN3C(=O)c1cc2cc(NC(=O)c3ccc(N)cc3)cnc2[nH]1. The molecule has 2 aromatic heterocycles. The third-order valence-corrected chi connectivity index (χ3v) is 16.0. The van der Waals surface area contributed by atoms with Crippen molar-refractivity contribution in [1.82, 2.24) is 45.9 Å². The molecule has 13 N–H and O–H groups in total. The van der Waals surface area contributed by atoms with Gasteiger partial charge in [0, 0.05) is 104 Å². The van der Waals surface area contributed by atoms with Crippen LogP contribution in [0.25, 0.3) is 21.8 Å². The number of H-pyrrole nitrogens is 1. The Morgan fingerprint density at radius 3 is 2.18 bits per heavy atom. The number of amides is 13. The van der Waals surface area contributed by atoms with Gasteiger partial charge in [-0.3, -0.25) is 33.7 Å². The molecule has 508 valence electrons. The highest BCUT2D eigenvalue weighted by molar-refractivity contribution is 6.20. The number of rotatable bonds is 30. The number of likely N-dealkylation sites (N-methyl/N-ethyl adjacent to an activating group) is 1.